The number of halogens is 2. The third-order valence-electron chi connectivity index (χ3n) is 4.04. The van der Waals surface area contributed by atoms with E-state index in [-0.39, 0.29) is 17.6 Å². The molecule has 0 aromatic heterocycles. The first-order valence-corrected chi connectivity index (χ1v) is 5.44. The fourth-order valence-corrected chi connectivity index (χ4v) is 3.19. The molecule has 1 atom stereocenters. The van der Waals surface area contributed by atoms with E-state index in [2.05, 4.69) is 0 Å². The van der Waals surface area contributed by atoms with E-state index in [9.17, 15) is 13.6 Å². The Labute approximate surface area is 82.9 Å². The maximum Gasteiger partial charge on any atom is 0.242 e. The highest BCUT2D eigenvalue weighted by molar-refractivity contribution is 5.79. The average molecular weight is 202 g/mol. The Morgan fingerprint density at radius 2 is 1.86 bits per heavy atom. The average Bonchev–Trinajstić information content (AvgIpc) is 2.59. The molecule has 2 rings (SSSR count). The molecule has 0 bridgehead atoms. The molecule has 3 heteroatoms. The molecule has 1 unspecified atom stereocenters. The van der Waals surface area contributed by atoms with Crippen molar-refractivity contribution in [2.45, 2.75) is 51.4 Å². The van der Waals surface area contributed by atoms with Crippen molar-refractivity contribution in [1.82, 2.24) is 0 Å². The molecular formula is C11H16F2O. The van der Waals surface area contributed by atoms with Gasteiger partial charge in [0, 0.05) is 18.8 Å². The van der Waals surface area contributed by atoms with Gasteiger partial charge in [0.1, 0.15) is 5.78 Å². The first-order valence-electron chi connectivity index (χ1n) is 5.44. The van der Waals surface area contributed by atoms with E-state index in [1.165, 1.54) is 0 Å². The topological polar surface area (TPSA) is 17.1 Å². The van der Waals surface area contributed by atoms with Crippen LogP contribution in [0.2, 0.25) is 0 Å². The van der Waals surface area contributed by atoms with Crippen LogP contribution in [0.4, 0.5) is 8.78 Å². The third-order valence-corrected chi connectivity index (χ3v) is 4.04. The normalized spacial score (nSPS) is 31.6. The van der Waals surface area contributed by atoms with Gasteiger partial charge in [0.15, 0.2) is 0 Å². The molecule has 0 saturated heterocycles. The Morgan fingerprint density at radius 3 is 2.43 bits per heavy atom. The van der Waals surface area contributed by atoms with Crippen molar-refractivity contribution in [1.29, 1.82) is 0 Å². The van der Waals surface area contributed by atoms with Gasteiger partial charge < -0.3 is 0 Å². The van der Waals surface area contributed by atoms with Crippen LogP contribution in [-0.2, 0) is 4.79 Å². The van der Waals surface area contributed by atoms with Gasteiger partial charge in [0.25, 0.3) is 0 Å². The van der Waals surface area contributed by atoms with Gasteiger partial charge in [0.05, 0.1) is 0 Å². The van der Waals surface area contributed by atoms with Gasteiger partial charge in [-0.15, -0.1) is 0 Å². The summed E-state index contributed by atoms with van der Waals surface area (Å²) in [5, 5.41) is 0. The molecule has 2 aliphatic carbocycles. The standard InChI is InChI=1S/C11H16F2O/c12-10(13)9-7-8(14)3-6-11(9)4-1-2-5-11/h9-10H,1-7H2. The molecule has 2 aliphatic rings. The minimum atomic E-state index is -2.31. The predicted octanol–water partition coefficient (Wildman–Crippen LogP) is 3.18. The summed E-state index contributed by atoms with van der Waals surface area (Å²) in [6.07, 6.45) is 3.01. The van der Waals surface area contributed by atoms with Crippen molar-refractivity contribution >= 4 is 5.78 Å². The van der Waals surface area contributed by atoms with Gasteiger partial charge in [-0.05, 0) is 24.7 Å². The summed E-state index contributed by atoms with van der Waals surface area (Å²) < 4.78 is 25.7. The number of alkyl halides is 2. The Kier molecular flexibility index (Phi) is 2.58. The highest BCUT2D eigenvalue weighted by atomic mass is 19.3. The third kappa shape index (κ3) is 1.57. The number of carbonyl (C=O) groups is 1. The van der Waals surface area contributed by atoms with Gasteiger partial charge in [-0.1, -0.05) is 12.8 Å². The number of carbonyl (C=O) groups excluding carboxylic acids is 1. The van der Waals surface area contributed by atoms with Crippen LogP contribution in [0.25, 0.3) is 0 Å². The van der Waals surface area contributed by atoms with Gasteiger partial charge in [-0.2, -0.15) is 0 Å². The van der Waals surface area contributed by atoms with Crippen LogP contribution in [0.1, 0.15) is 44.9 Å². The van der Waals surface area contributed by atoms with Crippen LogP contribution >= 0.6 is 0 Å². The van der Waals surface area contributed by atoms with Gasteiger partial charge >= 0.3 is 0 Å². The molecule has 0 amide bonds. The Hall–Kier alpha value is -0.470. The zero-order valence-electron chi connectivity index (χ0n) is 8.27. The molecule has 80 valence electrons. The zero-order chi connectivity index (χ0) is 10.2. The summed E-state index contributed by atoms with van der Waals surface area (Å²) in [6, 6.07) is 0. The molecule has 14 heavy (non-hydrogen) atoms. The van der Waals surface area contributed by atoms with Crippen molar-refractivity contribution in [3.05, 3.63) is 0 Å². The Morgan fingerprint density at radius 1 is 1.21 bits per heavy atom. The number of Topliss-reactive ketones (excluding diaryl/α,β-unsaturated/α-hetero) is 1. The van der Waals surface area contributed by atoms with E-state index in [0.29, 0.717) is 12.8 Å². The molecule has 0 aromatic carbocycles. The molecule has 1 nitrogen and oxygen atoms in total. The number of hydrogen-bond donors (Lipinski definition) is 0. The highest BCUT2D eigenvalue weighted by Gasteiger charge is 2.48. The fraction of sp³-hybridized carbons (Fsp3) is 0.909. The van der Waals surface area contributed by atoms with E-state index in [1.54, 1.807) is 0 Å². The highest BCUT2D eigenvalue weighted by Crippen LogP contribution is 2.53. The van der Waals surface area contributed by atoms with Crippen molar-refractivity contribution in [2.75, 3.05) is 0 Å². The van der Waals surface area contributed by atoms with Gasteiger partial charge in [-0.3, -0.25) is 4.79 Å². The largest absolute Gasteiger partial charge is 0.300 e. The van der Waals surface area contributed by atoms with Crippen LogP contribution in [0.3, 0.4) is 0 Å². The molecule has 0 heterocycles. The van der Waals surface area contributed by atoms with Crippen molar-refractivity contribution < 1.29 is 13.6 Å². The molecule has 2 fully saturated rings. The number of rotatable bonds is 1. The second-order valence-corrected chi connectivity index (χ2v) is 4.75. The molecule has 0 aliphatic heterocycles. The summed E-state index contributed by atoms with van der Waals surface area (Å²) in [5.41, 5.74) is -0.178. The lowest BCUT2D eigenvalue weighted by atomic mass is 9.65. The predicted molar refractivity (Wildman–Crippen MR) is 49.3 cm³/mol. The van der Waals surface area contributed by atoms with E-state index in [0.717, 1.165) is 25.7 Å². The molecule has 1 spiro atoms. The quantitative estimate of drug-likeness (QED) is 0.638. The van der Waals surface area contributed by atoms with Crippen LogP contribution in [0.15, 0.2) is 0 Å². The zero-order valence-corrected chi connectivity index (χ0v) is 8.27. The monoisotopic (exact) mass is 202 g/mol. The lowest BCUT2D eigenvalue weighted by molar-refractivity contribution is -0.130. The van der Waals surface area contributed by atoms with E-state index in [1.807, 2.05) is 0 Å². The summed E-state index contributed by atoms with van der Waals surface area (Å²) in [5.74, 6) is -0.612. The Balaban J connectivity index is 2.17. The van der Waals surface area contributed by atoms with Crippen molar-refractivity contribution in [3.8, 4) is 0 Å². The minimum absolute atomic E-state index is 0.0350. The van der Waals surface area contributed by atoms with E-state index in [4.69, 9.17) is 0 Å². The van der Waals surface area contributed by atoms with Gasteiger partial charge in [0.2, 0.25) is 6.43 Å². The lowest BCUT2D eigenvalue weighted by Crippen LogP contribution is -2.38. The molecule has 2 saturated carbocycles. The number of ketones is 1. The van der Waals surface area contributed by atoms with Crippen LogP contribution < -0.4 is 0 Å². The van der Waals surface area contributed by atoms with Crippen molar-refractivity contribution in [3.63, 3.8) is 0 Å². The molecule has 0 N–H and O–H groups in total. The lowest BCUT2D eigenvalue weighted by Gasteiger charge is -2.40. The summed E-state index contributed by atoms with van der Waals surface area (Å²) in [7, 11) is 0. The molecule has 0 aromatic rings. The van der Waals surface area contributed by atoms with Crippen LogP contribution in [0.5, 0.6) is 0 Å². The first-order chi connectivity index (χ1) is 6.64. The number of hydrogen-bond acceptors (Lipinski definition) is 1. The SMILES string of the molecule is O=C1CCC2(CCCC2)C(C(F)F)C1. The summed E-state index contributed by atoms with van der Waals surface area (Å²) in [6.45, 7) is 0. The smallest absolute Gasteiger partial charge is 0.242 e. The fourth-order valence-electron chi connectivity index (χ4n) is 3.19. The van der Waals surface area contributed by atoms with E-state index < -0.39 is 12.3 Å². The van der Waals surface area contributed by atoms with Crippen molar-refractivity contribution in [2.24, 2.45) is 11.3 Å². The maximum absolute atomic E-state index is 12.8. The van der Waals surface area contributed by atoms with Gasteiger partial charge in [-0.25, -0.2) is 8.78 Å². The second-order valence-electron chi connectivity index (χ2n) is 4.75. The Bertz CT molecular complexity index is 231. The van der Waals surface area contributed by atoms with E-state index >= 15 is 0 Å². The first kappa shape index (κ1) is 10.1. The molecule has 0 radical (unpaired) electrons. The van der Waals surface area contributed by atoms with Crippen LogP contribution in [-0.4, -0.2) is 12.2 Å². The summed E-state index contributed by atoms with van der Waals surface area (Å²) in [4.78, 5) is 11.2. The second kappa shape index (κ2) is 3.59. The van der Waals surface area contributed by atoms with Crippen LogP contribution in [0, 0.1) is 11.3 Å². The molecular weight excluding hydrogens is 186 g/mol. The minimum Gasteiger partial charge on any atom is -0.300 e. The maximum atomic E-state index is 12.8. The summed E-state index contributed by atoms with van der Waals surface area (Å²) >= 11 is 0.